The van der Waals surface area contributed by atoms with E-state index in [9.17, 15) is 9.90 Å². The second kappa shape index (κ2) is 8.06. The number of aliphatic hydroxyl groups is 1. The van der Waals surface area contributed by atoms with Gasteiger partial charge >= 0.3 is 5.97 Å². The van der Waals surface area contributed by atoms with Crippen molar-refractivity contribution in [3.8, 4) is 0 Å². The van der Waals surface area contributed by atoms with Crippen LogP contribution in [-0.2, 0) is 28.3 Å². The highest BCUT2D eigenvalue weighted by Crippen LogP contribution is 2.41. The van der Waals surface area contributed by atoms with Gasteiger partial charge < -0.3 is 19.2 Å². The van der Waals surface area contributed by atoms with E-state index in [1.165, 1.54) is 0 Å². The van der Waals surface area contributed by atoms with Crippen LogP contribution in [0.25, 0.3) is 0 Å². The smallest absolute Gasteiger partial charge is 0.343 e. The predicted molar refractivity (Wildman–Crippen MR) is 98.2 cm³/mol. The summed E-state index contributed by atoms with van der Waals surface area (Å²) in [5.74, 6) is 0.687. The van der Waals surface area contributed by atoms with Gasteiger partial charge in [0.1, 0.15) is 18.1 Å². The van der Waals surface area contributed by atoms with Gasteiger partial charge in [0.25, 0.3) is 0 Å². The van der Waals surface area contributed by atoms with Crippen LogP contribution in [0.4, 0.5) is 0 Å². The fraction of sp³-hybridized carbons (Fsp3) is 0.476. The molecule has 5 heteroatoms. The van der Waals surface area contributed by atoms with Crippen molar-refractivity contribution in [3.05, 3.63) is 59.5 Å². The SMILES string of the molecule is CN(C)Cc1ccc(COC(=O)C(O)(c2ccccc2)C2CCCC2)o1. The van der Waals surface area contributed by atoms with E-state index in [4.69, 9.17) is 9.15 Å². The number of ether oxygens (including phenoxy) is 1. The summed E-state index contributed by atoms with van der Waals surface area (Å²) in [6, 6.07) is 12.8. The van der Waals surface area contributed by atoms with Crippen LogP contribution in [0.1, 0.15) is 42.8 Å². The topological polar surface area (TPSA) is 62.9 Å². The Bertz CT molecular complexity index is 719. The number of hydrogen-bond donors (Lipinski definition) is 1. The van der Waals surface area contributed by atoms with E-state index in [1.807, 2.05) is 49.3 Å². The molecule has 1 aromatic heterocycles. The fourth-order valence-electron chi connectivity index (χ4n) is 3.70. The largest absolute Gasteiger partial charge is 0.461 e. The van der Waals surface area contributed by atoms with Crippen LogP contribution < -0.4 is 0 Å². The molecule has 140 valence electrons. The molecule has 1 N–H and O–H groups in total. The van der Waals surface area contributed by atoms with Crippen molar-refractivity contribution >= 4 is 5.97 Å². The van der Waals surface area contributed by atoms with Crippen LogP contribution in [0.5, 0.6) is 0 Å². The second-order valence-corrected chi connectivity index (χ2v) is 7.30. The summed E-state index contributed by atoms with van der Waals surface area (Å²) < 4.78 is 11.2. The van der Waals surface area contributed by atoms with E-state index in [1.54, 1.807) is 12.1 Å². The molecular weight excluding hydrogens is 330 g/mol. The standard InChI is InChI=1S/C21H27NO4/c1-22(2)14-18-12-13-19(26-18)15-25-20(23)21(24,17-10-6-7-11-17)16-8-4-3-5-9-16/h3-5,8-9,12-13,17,24H,6-7,10-11,14-15H2,1-2H3. The Morgan fingerprint density at radius 3 is 2.46 bits per heavy atom. The third kappa shape index (κ3) is 4.00. The molecule has 1 unspecified atom stereocenters. The van der Waals surface area contributed by atoms with Crippen LogP contribution >= 0.6 is 0 Å². The zero-order chi connectivity index (χ0) is 18.6. The number of furan rings is 1. The summed E-state index contributed by atoms with van der Waals surface area (Å²) in [6.45, 7) is 0.706. The first-order valence-electron chi connectivity index (χ1n) is 9.17. The van der Waals surface area contributed by atoms with Gasteiger partial charge in [-0.05, 0) is 44.6 Å². The van der Waals surface area contributed by atoms with Gasteiger partial charge in [-0.25, -0.2) is 4.79 Å². The van der Waals surface area contributed by atoms with Crippen LogP contribution in [0.15, 0.2) is 46.9 Å². The highest BCUT2D eigenvalue weighted by Gasteiger charge is 2.47. The fourth-order valence-corrected chi connectivity index (χ4v) is 3.70. The first-order chi connectivity index (χ1) is 12.5. The van der Waals surface area contributed by atoms with E-state index in [0.717, 1.165) is 31.4 Å². The predicted octanol–water partition coefficient (Wildman–Crippen LogP) is 3.46. The Morgan fingerprint density at radius 2 is 1.81 bits per heavy atom. The van der Waals surface area contributed by atoms with Crippen LogP contribution in [-0.4, -0.2) is 30.1 Å². The molecule has 1 aliphatic carbocycles. The molecule has 0 radical (unpaired) electrons. The lowest BCUT2D eigenvalue weighted by Gasteiger charge is -2.32. The Labute approximate surface area is 154 Å². The molecule has 26 heavy (non-hydrogen) atoms. The maximum absolute atomic E-state index is 12.9. The number of nitrogens with zero attached hydrogens (tertiary/aromatic N) is 1. The van der Waals surface area contributed by atoms with Gasteiger partial charge in [-0.2, -0.15) is 0 Å². The average Bonchev–Trinajstić information content (AvgIpc) is 3.31. The number of esters is 1. The van der Waals surface area contributed by atoms with E-state index < -0.39 is 11.6 Å². The molecule has 0 amide bonds. The summed E-state index contributed by atoms with van der Waals surface area (Å²) >= 11 is 0. The minimum atomic E-state index is -1.60. The molecule has 0 saturated heterocycles. The van der Waals surface area contributed by atoms with Crippen LogP contribution in [0, 0.1) is 5.92 Å². The minimum absolute atomic E-state index is 0.0219. The normalized spacial score (nSPS) is 17.4. The van der Waals surface area contributed by atoms with Crippen LogP contribution in [0.2, 0.25) is 0 Å². The number of carbonyl (C=O) groups excluding carboxylic acids is 1. The highest BCUT2D eigenvalue weighted by molar-refractivity contribution is 5.81. The summed E-state index contributed by atoms with van der Waals surface area (Å²) in [4.78, 5) is 14.9. The summed E-state index contributed by atoms with van der Waals surface area (Å²) in [6.07, 6.45) is 3.71. The maximum atomic E-state index is 12.9. The molecule has 1 fully saturated rings. The van der Waals surface area contributed by atoms with Crippen molar-refractivity contribution in [3.63, 3.8) is 0 Å². The Balaban J connectivity index is 1.73. The van der Waals surface area contributed by atoms with Gasteiger partial charge in [-0.1, -0.05) is 43.2 Å². The molecule has 0 bridgehead atoms. The maximum Gasteiger partial charge on any atom is 0.343 e. The van der Waals surface area contributed by atoms with Crippen LogP contribution in [0.3, 0.4) is 0 Å². The first kappa shape index (κ1) is 18.7. The molecule has 1 aromatic carbocycles. The van der Waals surface area contributed by atoms with Gasteiger partial charge in [0.2, 0.25) is 0 Å². The molecular formula is C21H27NO4. The molecule has 3 rings (SSSR count). The van der Waals surface area contributed by atoms with Gasteiger partial charge in [0, 0.05) is 5.92 Å². The summed E-state index contributed by atoms with van der Waals surface area (Å²) in [5.41, 5.74) is -0.999. The lowest BCUT2D eigenvalue weighted by molar-refractivity contribution is -0.175. The lowest BCUT2D eigenvalue weighted by atomic mass is 9.80. The molecule has 2 aromatic rings. The first-order valence-corrected chi connectivity index (χ1v) is 9.17. The molecule has 0 spiro atoms. The van der Waals surface area contributed by atoms with E-state index in [2.05, 4.69) is 0 Å². The molecule has 1 atom stereocenters. The van der Waals surface area contributed by atoms with Gasteiger partial charge in [-0.15, -0.1) is 0 Å². The van der Waals surface area contributed by atoms with Crippen molar-refractivity contribution in [2.75, 3.05) is 14.1 Å². The zero-order valence-corrected chi connectivity index (χ0v) is 15.5. The Morgan fingerprint density at radius 1 is 1.15 bits per heavy atom. The monoisotopic (exact) mass is 357 g/mol. The Kier molecular flexibility index (Phi) is 5.79. The van der Waals surface area contributed by atoms with Crippen molar-refractivity contribution in [2.45, 2.75) is 44.4 Å². The minimum Gasteiger partial charge on any atom is -0.461 e. The number of carbonyl (C=O) groups is 1. The summed E-state index contributed by atoms with van der Waals surface area (Å²) in [5, 5.41) is 11.3. The number of rotatable bonds is 7. The third-order valence-electron chi connectivity index (χ3n) is 5.01. The third-order valence-corrected chi connectivity index (χ3v) is 5.01. The number of hydrogen-bond acceptors (Lipinski definition) is 5. The highest BCUT2D eigenvalue weighted by atomic mass is 16.6. The quantitative estimate of drug-likeness (QED) is 0.769. The number of benzene rings is 1. The van der Waals surface area contributed by atoms with Crippen molar-refractivity contribution < 1.29 is 19.1 Å². The van der Waals surface area contributed by atoms with Gasteiger partial charge in [0.15, 0.2) is 5.60 Å². The van der Waals surface area contributed by atoms with Crippen molar-refractivity contribution in [1.29, 1.82) is 0 Å². The zero-order valence-electron chi connectivity index (χ0n) is 15.5. The summed E-state index contributed by atoms with van der Waals surface area (Å²) in [7, 11) is 3.92. The van der Waals surface area contributed by atoms with Crippen molar-refractivity contribution in [1.82, 2.24) is 4.90 Å². The molecule has 1 heterocycles. The van der Waals surface area contributed by atoms with Crippen molar-refractivity contribution in [2.24, 2.45) is 5.92 Å². The molecule has 5 nitrogen and oxygen atoms in total. The van der Waals surface area contributed by atoms with Gasteiger partial charge in [-0.3, -0.25) is 0 Å². The average molecular weight is 357 g/mol. The van der Waals surface area contributed by atoms with E-state index in [-0.39, 0.29) is 12.5 Å². The molecule has 1 aliphatic rings. The molecule has 0 aliphatic heterocycles. The van der Waals surface area contributed by atoms with E-state index >= 15 is 0 Å². The van der Waals surface area contributed by atoms with Gasteiger partial charge in [0.05, 0.1) is 6.54 Å². The molecule has 1 saturated carbocycles. The second-order valence-electron chi connectivity index (χ2n) is 7.30. The lowest BCUT2D eigenvalue weighted by Crippen LogP contribution is -2.43. The van der Waals surface area contributed by atoms with E-state index in [0.29, 0.717) is 17.9 Å². The Hall–Kier alpha value is -2.11.